The maximum absolute atomic E-state index is 11.6. The monoisotopic (exact) mass is 474 g/mol. The zero-order chi connectivity index (χ0) is 24.3. The molecule has 0 radical (unpaired) electrons. The first-order chi connectivity index (χ1) is 15.5. The molecule has 14 nitrogen and oxygen atoms in total. The minimum atomic E-state index is -4.51. The molecule has 0 spiro atoms. The van der Waals surface area contributed by atoms with Crippen molar-refractivity contribution in [2.24, 2.45) is 5.11 Å². The number of hydrogen-bond acceptors (Lipinski definition) is 9. The zero-order valence-corrected chi connectivity index (χ0v) is 17.0. The van der Waals surface area contributed by atoms with E-state index in [4.69, 9.17) is 4.55 Å². The summed E-state index contributed by atoms with van der Waals surface area (Å²) in [6.07, 6.45) is 0. The molecule has 0 aliphatic rings. The van der Waals surface area contributed by atoms with Gasteiger partial charge in [0.2, 0.25) is 11.4 Å². The van der Waals surface area contributed by atoms with Crippen molar-refractivity contribution in [3.8, 4) is 0 Å². The Kier molecular flexibility index (Phi) is 6.18. The Hall–Kier alpha value is -4.63. The highest BCUT2D eigenvalue weighted by atomic mass is 32.2. The van der Waals surface area contributed by atoms with Gasteiger partial charge in [-0.1, -0.05) is 18.2 Å². The van der Waals surface area contributed by atoms with Crippen molar-refractivity contribution >= 4 is 44.2 Å². The second-order valence-corrected chi connectivity index (χ2v) is 7.74. The lowest BCUT2D eigenvalue weighted by Gasteiger charge is -2.03. The van der Waals surface area contributed by atoms with Gasteiger partial charge in [0.15, 0.2) is 0 Å². The molecule has 3 aromatic rings. The van der Waals surface area contributed by atoms with Gasteiger partial charge in [0.05, 0.1) is 31.8 Å². The van der Waals surface area contributed by atoms with Crippen LogP contribution in [-0.2, 0) is 10.1 Å². The van der Waals surface area contributed by atoms with Gasteiger partial charge in [0, 0.05) is 29.4 Å². The molecule has 3 aromatic carbocycles. The average molecular weight is 474 g/mol. The van der Waals surface area contributed by atoms with Crippen LogP contribution in [0.4, 0.5) is 34.1 Å². The van der Waals surface area contributed by atoms with Gasteiger partial charge in [0.25, 0.3) is 21.5 Å². The Morgan fingerprint density at radius 1 is 0.697 bits per heavy atom. The fourth-order valence-corrected chi connectivity index (χ4v) is 3.25. The molecular formula is C18H12N5O9S+. The van der Waals surface area contributed by atoms with Crippen LogP contribution in [0.1, 0.15) is 0 Å². The molecule has 0 aliphatic carbocycles. The standard InChI is InChI=1S/C18H11N5O9S/c24-21(25)14-10-16(22(26)27)18(17(11-14)23(28)29)19-20(12-4-2-1-3-5-12)13-6-8-15(9-7-13)33(30,31)32/h1-11H/p+1. The molecule has 0 aliphatic heterocycles. The summed E-state index contributed by atoms with van der Waals surface area (Å²) in [6, 6.07) is 13.5. The van der Waals surface area contributed by atoms with Gasteiger partial charge < -0.3 is 0 Å². The average Bonchev–Trinajstić information content (AvgIpc) is 2.76. The molecule has 1 N–H and O–H groups in total. The minimum Gasteiger partial charge on any atom is -0.282 e. The van der Waals surface area contributed by atoms with Crippen molar-refractivity contribution in [3.05, 3.63) is 97.1 Å². The van der Waals surface area contributed by atoms with Gasteiger partial charge in [-0.3, -0.25) is 34.9 Å². The van der Waals surface area contributed by atoms with Crippen LogP contribution in [-0.4, -0.2) is 27.7 Å². The molecule has 0 aromatic heterocycles. The molecular weight excluding hydrogens is 462 g/mol. The number of rotatable bonds is 7. The first-order valence-electron chi connectivity index (χ1n) is 8.74. The third-order valence-corrected chi connectivity index (χ3v) is 5.11. The lowest BCUT2D eigenvalue weighted by atomic mass is 10.2. The van der Waals surface area contributed by atoms with Crippen LogP contribution in [0.2, 0.25) is 0 Å². The smallest absolute Gasteiger partial charge is 0.282 e. The molecule has 3 rings (SSSR count). The van der Waals surface area contributed by atoms with Gasteiger partial charge >= 0.3 is 11.4 Å². The highest BCUT2D eigenvalue weighted by Gasteiger charge is 2.34. The van der Waals surface area contributed by atoms with Crippen LogP contribution < -0.4 is 4.70 Å². The molecule has 0 heterocycles. The quantitative estimate of drug-likeness (QED) is 0.171. The van der Waals surface area contributed by atoms with E-state index < -0.39 is 52.5 Å². The fraction of sp³-hybridized carbons (Fsp3) is 0. The van der Waals surface area contributed by atoms with Crippen molar-refractivity contribution in [3.63, 3.8) is 0 Å². The van der Waals surface area contributed by atoms with E-state index in [1.807, 2.05) is 0 Å². The highest BCUT2D eigenvalue weighted by Crippen LogP contribution is 2.41. The van der Waals surface area contributed by atoms with Crippen LogP contribution in [0.3, 0.4) is 0 Å². The summed E-state index contributed by atoms with van der Waals surface area (Å²) in [7, 11) is -4.51. The third-order valence-electron chi connectivity index (χ3n) is 4.24. The normalized spacial score (nSPS) is 11.7. The topological polar surface area (TPSA) is 199 Å². The summed E-state index contributed by atoms with van der Waals surface area (Å²) in [5.41, 5.74) is -3.19. The van der Waals surface area contributed by atoms with E-state index in [1.54, 1.807) is 18.2 Å². The Morgan fingerprint density at radius 3 is 1.61 bits per heavy atom. The predicted octanol–water partition coefficient (Wildman–Crippen LogP) is 4.28. The lowest BCUT2D eigenvalue weighted by Crippen LogP contribution is -2.04. The molecule has 0 atom stereocenters. The number of hydrogen-bond donors (Lipinski definition) is 1. The fourth-order valence-electron chi connectivity index (χ4n) is 2.77. The van der Waals surface area contributed by atoms with Crippen LogP contribution in [0.15, 0.2) is 76.7 Å². The molecule has 0 saturated carbocycles. The van der Waals surface area contributed by atoms with Gasteiger partial charge in [-0.25, -0.2) is 0 Å². The molecule has 33 heavy (non-hydrogen) atoms. The van der Waals surface area contributed by atoms with Crippen LogP contribution in [0.5, 0.6) is 0 Å². The van der Waals surface area contributed by atoms with Crippen molar-refractivity contribution in [1.82, 2.24) is 4.70 Å². The van der Waals surface area contributed by atoms with E-state index in [0.717, 1.165) is 16.8 Å². The second kappa shape index (κ2) is 8.85. The van der Waals surface area contributed by atoms with Crippen LogP contribution in [0, 0.1) is 30.3 Å². The van der Waals surface area contributed by atoms with E-state index in [0.29, 0.717) is 12.1 Å². The lowest BCUT2D eigenvalue weighted by molar-refractivity contribution is -0.402. The number of nitrogens with zero attached hydrogens (tertiary/aromatic N) is 5. The van der Waals surface area contributed by atoms with E-state index in [9.17, 15) is 38.8 Å². The van der Waals surface area contributed by atoms with Crippen LogP contribution >= 0.6 is 0 Å². The molecule has 0 bridgehead atoms. The van der Waals surface area contributed by atoms with Gasteiger partial charge in [0.1, 0.15) is 0 Å². The Labute approximate surface area is 184 Å². The molecule has 168 valence electrons. The molecule has 0 fully saturated rings. The third kappa shape index (κ3) is 5.00. The zero-order valence-electron chi connectivity index (χ0n) is 16.2. The molecule has 0 unspecified atom stereocenters. The number of benzene rings is 3. The number of non-ortho nitro benzene ring substituents is 1. The summed E-state index contributed by atoms with van der Waals surface area (Å²) in [6.45, 7) is 0. The number of nitro benzene ring substituents is 3. The first kappa shape index (κ1) is 23.0. The van der Waals surface area contributed by atoms with Crippen LogP contribution in [0.25, 0.3) is 0 Å². The van der Waals surface area contributed by atoms with Gasteiger partial charge in [-0.2, -0.15) is 8.42 Å². The summed E-state index contributed by atoms with van der Waals surface area (Å²) < 4.78 is 32.8. The van der Waals surface area contributed by atoms with E-state index >= 15 is 0 Å². The summed E-state index contributed by atoms with van der Waals surface area (Å²) in [5.74, 6) is 0. The Morgan fingerprint density at radius 2 is 1.18 bits per heavy atom. The van der Waals surface area contributed by atoms with Crippen molar-refractivity contribution in [1.29, 1.82) is 0 Å². The SMILES string of the molecule is O=[N+]([O-])c1cc([N+](=O)[O-])c(N=[N+](c2ccccc2)c2ccc(S(=O)(=O)O)cc2)c([N+](=O)[O-])c1. The molecule has 0 amide bonds. The number of para-hydroxylation sites is 1. The Bertz CT molecular complexity index is 1370. The molecule has 15 heteroatoms. The maximum atomic E-state index is 11.6. The van der Waals surface area contributed by atoms with E-state index in [2.05, 4.69) is 5.11 Å². The maximum Gasteiger partial charge on any atom is 0.315 e. The van der Waals surface area contributed by atoms with E-state index in [-0.39, 0.29) is 11.4 Å². The first-order valence-corrected chi connectivity index (χ1v) is 10.2. The van der Waals surface area contributed by atoms with Crippen molar-refractivity contribution < 1.29 is 27.7 Å². The van der Waals surface area contributed by atoms with Crippen molar-refractivity contribution in [2.45, 2.75) is 4.90 Å². The highest BCUT2D eigenvalue weighted by molar-refractivity contribution is 7.85. The van der Waals surface area contributed by atoms with Gasteiger partial charge in [-0.05, 0) is 16.8 Å². The predicted molar refractivity (Wildman–Crippen MR) is 113 cm³/mol. The summed E-state index contributed by atoms with van der Waals surface area (Å²) in [5, 5.41) is 38.3. The summed E-state index contributed by atoms with van der Waals surface area (Å²) in [4.78, 5) is 30.7. The number of azo groups is 2. The largest absolute Gasteiger partial charge is 0.315 e. The molecule has 0 saturated heterocycles. The van der Waals surface area contributed by atoms with E-state index in [1.165, 1.54) is 24.3 Å². The van der Waals surface area contributed by atoms with Gasteiger partial charge in [-0.15, -0.1) is 0 Å². The summed E-state index contributed by atoms with van der Waals surface area (Å²) >= 11 is 0. The minimum absolute atomic E-state index is 0.121. The van der Waals surface area contributed by atoms with Crippen molar-refractivity contribution in [2.75, 3.05) is 0 Å². The number of nitro groups is 3. The second-order valence-electron chi connectivity index (χ2n) is 6.32. The Balaban J connectivity index is 2.35.